The SMILES string of the molecule is COc1ccc(OC)c(C2C(=C(O)c3ccccc3)C(=O)C(=O)N2CCCn2ccnc2)c1. The number of hydrogen-bond donors (Lipinski definition) is 1. The first-order valence-corrected chi connectivity index (χ1v) is 10.6. The van der Waals surface area contributed by atoms with Gasteiger partial charge in [-0.3, -0.25) is 9.59 Å². The standard InChI is InChI=1S/C25H25N3O5/c1-32-18-9-10-20(33-2)19(15-18)22-21(23(29)17-7-4-3-5-8-17)24(30)25(31)28(22)13-6-12-27-14-11-26-16-27/h3-5,7-11,14-16,22,29H,6,12-13H2,1-2H3. The second-order valence-corrected chi connectivity index (χ2v) is 7.62. The number of aryl methyl sites for hydroxylation is 1. The zero-order valence-electron chi connectivity index (χ0n) is 18.5. The highest BCUT2D eigenvalue weighted by molar-refractivity contribution is 6.46. The third-order valence-corrected chi connectivity index (χ3v) is 5.69. The van der Waals surface area contributed by atoms with Gasteiger partial charge in [0.1, 0.15) is 17.3 Å². The summed E-state index contributed by atoms with van der Waals surface area (Å²) in [6.45, 7) is 0.934. The van der Waals surface area contributed by atoms with Gasteiger partial charge in [-0.15, -0.1) is 0 Å². The molecule has 8 heteroatoms. The molecule has 170 valence electrons. The molecule has 2 aromatic carbocycles. The fourth-order valence-corrected chi connectivity index (χ4v) is 4.08. The number of rotatable bonds is 8. The Morgan fingerprint density at radius 2 is 1.85 bits per heavy atom. The summed E-state index contributed by atoms with van der Waals surface area (Å²) >= 11 is 0. The minimum atomic E-state index is -0.821. The predicted molar refractivity (Wildman–Crippen MR) is 122 cm³/mol. The number of nitrogens with zero attached hydrogens (tertiary/aromatic N) is 3. The summed E-state index contributed by atoms with van der Waals surface area (Å²) in [6, 6.07) is 13.1. The number of aliphatic hydroxyl groups excluding tert-OH is 1. The zero-order valence-corrected chi connectivity index (χ0v) is 18.5. The highest BCUT2D eigenvalue weighted by Gasteiger charge is 2.47. The molecule has 4 rings (SSSR count). The fourth-order valence-electron chi connectivity index (χ4n) is 4.08. The van der Waals surface area contributed by atoms with Crippen LogP contribution in [0.15, 0.2) is 72.8 Å². The van der Waals surface area contributed by atoms with E-state index >= 15 is 0 Å². The quantitative estimate of drug-likeness (QED) is 0.323. The first-order chi connectivity index (χ1) is 16.0. The van der Waals surface area contributed by atoms with E-state index in [0.717, 1.165) is 0 Å². The van der Waals surface area contributed by atoms with Crippen LogP contribution in [0.3, 0.4) is 0 Å². The van der Waals surface area contributed by atoms with Crippen molar-refractivity contribution in [1.29, 1.82) is 0 Å². The van der Waals surface area contributed by atoms with E-state index in [2.05, 4.69) is 4.98 Å². The van der Waals surface area contributed by atoms with Crippen LogP contribution in [0.4, 0.5) is 0 Å². The van der Waals surface area contributed by atoms with Gasteiger partial charge in [0, 0.05) is 36.6 Å². The Morgan fingerprint density at radius 3 is 2.52 bits per heavy atom. The van der Waals surface area contributed by atoms with Gasteiger partial charge in [-0.05, 0) is 24.6 Å². The number of likely N-dealkylation sites (tertiary alicyclic amines) is 1. The Morgan fingerprint density at radius 1 is 1.06 bits per heavy atom. The minimum absolute atomic E-state index is 0.0281. The van der Waals surface area contributed by atoms with Crippen molar-refractivity contribution in [3.05, 3.63) is 84.0 Å². The number of benzene rings is 2. The Hall–Kier alpha value is -4.07. The van der Waals surface area contributed by atoms with Crippen LogP contribution in [-0.2, 0) is 16.1 Å². The molecule has 1 atom stereocenters. The molecule has 0 aliphatic carbocycles. The molecule has 1 aliphatic heterocycles. The molecule has 1 fully saturated rings. The number of imidazole rings is 1. The molecule has 0 spiro atoms. The summed E-state index contributed by atoms with van der Waals surface area (Å²) in [7, 11) is 3.06. The van der Waals surface area contributed by atoms with Crippen LogP contribution in [0.1, 0.15) is 23.6 Å². The van der Waals surface area contributed by atoms with E-state index in [4.69, 9.17) is 9.47 Å². The molecule has 0 bridgehead atoms. The summed E-state index contributed by atoms with van der Waals surface area (Å²) in [5.41, 5.74) is 1.05. The molecule has 0 radical (unpaired) electrons. The average Bonchev–Trinajstić information content (AvgIpc) is 3.46. The van der Waals surface area contributed by atoms with Gasteiger partial charge in [0.15, 0.2) is 0 Å². The summed E-state index contributed by atoms with van der Waals surface area (Å²) in [6.07, 6.45) is 5.82. The van der Waals surface area contributed by atoms with Crippen LogP contribution >= 0.6 is 0 Å². The van der Waals surface area contributed by atoms with E-state index in [-0.39, 0.29) is 11.3 Å². The van der Waals surface area contributed by atoms with Crippen molar-refractivity contribution in [3.63, 3.8) is 0 Å². The number of amides is 1. The molecular weight excluding hydrogens is 422 g/mol. The largest absolute Gasteiger partial charge is 0.507 e. The molecule has 1 aliphatic rings. The van der Waals surface area contributed by atoms with Crippen molar-refractivity contribution in [2.75, 3.05) is 20.8 Å². The number of Topliss-reactive ketones (excluding diaryl/α,β-unsaturated/α-hetero) is 1. The lowest BCUT2D eigenvalue weighted by Crippen LogP contribution is -2.31. The number of ketones is 1. The van der Waals surface area contributed by atoms with E-state index in [1.165, 1.54) is 19.1 Å². The van der Waals surface area contributed by atoms with Crippen molar-refractivity contribution in [2.45, 2.75) is 19.0 Å². The maximum Gasteiger partial charge on any atom is 0.295 e. The number of carbonyl (C=O) groups excluding carboxylic acids is 2. The lowest BCUT2D eigenvalue weighted by Gasteiger charge is -2.27. The van der Waals surface area contributed by atoms with Crippen LogP contribution in [0.5, 0.6) is 11.5 Å². The Kier molecular flexibility index (Phi) is 6.44. The monoisotopic (exact) mass is 447 g/mol. The van der Waals surface area contributed by atoms with Gasteiger partial charge in [-0.2, -0.15) is 0 Å². The van der Waals surface area contributed by atoms with Gasteiger partial charge in [-0.25, -0.2) is 4.98 Å². The van der Waals surface area contributed by atoms with Gasteiger partial charge in [0.05, 0.1) is 32.2 Å². The van der Waals surface area contributed by atoms with Gasteiger partial charge in [-0.1, -0.05) is 30.3 Å². The van der Waals surface area contributed by atoms with Crippen molar-refractivity contribution in [3.8, 4) is 11.5 Å². The lowest BCUT2D eigenvalue weighted by atomic mass is 9.94. The molecule has 2 heterocycles. The van der Waals surface area contributed by atoms with Crippen LogP contribution in [0, 0.1) is 0 Å². The van der Waals surface area contributed by atoms with E-state index < -0.39 is 17.7 Å². The molecule has 8 nitrogen and oxygen atoms in total. The van der Waals surface area contributed by atoms with Crippen molar-refractivity contribution in [2.24, 2.45) is 0 Å². The second kappa shape index (κ2) is 9.60. The molecule has 1 unspecified atom stereocenters. The molecule has 0 saturated carbocycles. The van der Waals surface area contributed by atoms with Gasteiger partial charge < -0.3 is 24.0 Å². The van der Waals surface area contributed by atoms with Crippen molar-refractivity contribution in [1.82, 2.24) is 14.5 Å². The van der Waals surface area contributed by atoms with E-state index in [9.17, 15) is 14.7 Å². The van der Waals surface area contributed by atoms with Crippen LogP contribution in [0.2, 0.25) is 0 Å². The summed E-state index contributed by atoms with van der Waals surface area (Å²) in [4.78, 5) is 31.8. The number of aromatic nitrogens is 2. The predicted octanol–water partition coefficient (Wildman–Crippen LogP) is 3.41. The molecule has 1 amide bonds. The maximum atomic E-state index is 13.2. The van der Waals surface area contributed by atoms with Gasteiger partial charge in [0.25, 0.3) is 11.7 Å². The first-order valence-electron chi connectivity index (χ1n) is 10.6. The Labute approximate surface area is 191 Å². The third-order valence-electron chi connectivity index (χ3n) is 5.69. The molecule has 1 saturated heterocycles. The maximum absolute atomic E-state index is 13.2. The van der Waals surface area contributed by atoms with Crippen LogP contribution in [0.25, 0.3) is 5.76 Å². The molecule has 1 N–H and O–H groups in total. The van der Waals surface area contributed by atoms with Crippen molar-refractivity contribution < 1.29 is 24.2 Å². The lowest BCUT2D eigenvalue weighted by molar-refractivity contribution is -0.140. The molecule has 3 aromatic rings. The molecule has 33 heavy (non-hydrogen) atoms. The van der Waals surface area contributed by atoms with E-state index in [0.29, 0.717) is 42.1 Å². The summed E-state index contributed by atoms with van der Waals surface area (Å²) in [5, 5.41) is 11.1. The number of hydrogen-bond acceptors (Lipinski definition) is 6. The third kappa shape index (κ3) is 4.32. The Balaban J connectivity index is 1.80. The number of carbonyl (C=O) groups is 2. The normalized spacial score (nSPS) is 17.4. The molecular formula is C25H25N3O5. The van der Waals surface area contributed by atoms with Crippen LogP contribution < -0.4 is 9.47 Å². The Bertz CT molecular complexity index is 1170. The van der Waals surface area contributed by atoms with Crippen molar-refractivity contribution >= 4 is 17.4 Å². The van der Waals surface area contributed by atoms with Crippen LogP contribution in [-0.4, -0.2) is 52.0 Å². The summed E-state index contributed by atoms with van der Waals surface area (Å²) < 4.78 is 12.8. The minimum Gasteiger partial charge on any atom is -0.507 e. The number of methoxy groups -OCH3 is 2. The topological polar surface area (TPSA) is 93.9 Å². The highest BCUT2D eigenvalue weighted by Crippen LogP contribution is 2.43. The first kappa shape index (κ1) is 22.1. The smallest absolute Gasteiger partial charge is 0.295 e. The number of aliphatic hydroxyl groups is 1. The van der Waals surface area contributed by atoms with Gasteiger partial charge >= 0.3 is 0 Å². The fraction of sp³-hybridized carbons (Fsp3) is 0.240. The molecule has 1 aromatic heterocycles. The second-order valence-electron chi connectivity index (χ2n) is 7.62. The van der Waals surface area contributed by atoms with E-state index in [1.807, 2.05) is 16.8 Å². The van der Waals surface area contributed by atoms with Gasteiger partial charge in [0.2, 0.25) is 0 Å². The number of ether oxygens (including phenoxy) is 2. The summed E-state index contributed by atoms with van der Waals surface area (Å²) in [5.74, 6) is -0.571. The highest BCUT2D eigenvalue weighted by atomic mass is 16.5. The van der Waals surface area contributed by atoms with E-state index in [1.54, 1.807) is 55.0 Å². The zero-order chi connectivity index (χ0) is 23.4. The average molecular weight is 447 g/mol.